The molecule has 0 radical (unpaired) electrons. The molecule has 7 nitrogen and oxygen atoms in total. The second kappa shape index (κ2) is 8.78. The van der Waals surface area contributed by atoms with Gasteiger partial charge in [-0.15, -0.1) is 0 Å². The fourth-order valence-electron chi connectivity index (χ4n) is 3.09. The molecule has 0 unspecified atom stereocenters. The number of ether oxygens (including phenoxy) is 1. The van der Waals surface area contributed by atoms with E-state index in [9.17, 15) is 4.79 Å². The highest BCUT2D eigenvalue weighted by atomic mass is 16.6. The Kier molecular flexibility index (Phi) is 6.37. The van der Waals surface area contributed by atoms with E-state index in [1.165, 1.54) is 11.1 Å². The van der Waals surface area contributed by atoms with Gasteiger partial charge in [0.05, 0.1) is 6.54 Å². The maximum absolute atomic E-state index is 12.2. The van der Waals surface area contributed by atoms with Crippen molar-refractivity contribution in [1.29, 1.82) is 0 Å². The quantitative estimate of drug-likeness (QED) is 0.772. The maximum Gasteiger partial charge on any atom is 0.410 e. The summed E-state index contributed by atoms with van der Waals surface area (Å²) in [5, 5.41) is 4.56. The summed E-state index contributed by atoms with van der Waals surface area (Å²) in [6.07, 6.45) is 4.45. The van der Waals surface area contributed by atoms with Crippen LogP contribution in [0.25, 0.3) is 17.0 Å². The lowest BCUT2D eigenvalue weighted by molar-refractivity contribution is 0.0270. The molecule has 156 valence electrons. The van der Waals surface area contributed by atoms with Crippen LogP contribution in [0.3, 0.4) is 0 Å². The minimum Gasteiger partial charge on any atom is -0.444 e. The predicted molar refractivity (Wildman–Crippen MR) is 114 cm³/mol. The van der Waals surface area contributed by atoms with E-state index in [1.54, 1.807) is 11.2 Å². The first kappa shape index (κ1) is 21.0. The predicted octanol–water partition coefficient (Wildman–Crippen LogP) is 3.53. The van der Waals surface area contributed by atoms with Gasteiger partial charge in [0, 0.05) is 25.2 Å². The summed E-state index contributed by atoms with van der Waals surface area (Å²) in [4.78, 5) is 20.5. The van der Waals surface area contributed by atoms with Gasteiger partial charge < -0.3 is 14.5 Å². The van der Waals surface area contributed by atoms with E-state index in [1.807, 2.05) is 39.5 Å². The monoisotopic (exact) mass is 397 g/mol. The van der Waals surface area contributed by atoms with Crippen LogP contribution in [0.4, 0.5) is 4.79 Å². The summed E-state index contributed by atoms with van der Waals surface area (Å²) in [5.41, 5.74) is 2.96. The molecule has 1 aliphatic rings. The molecule has 0 atom stereocenters. The summed E-state index contributed by atoms with van der Waals surface area (Å²) >= 11 is 0. The third-order valence-electron chi connectivity index (χ3n) is 4.69. The number of carbonyl (C=O) groups excluding carboxylic acids is 1. The normalized spacial score (nSPS) is 14.8. The molecule has 2 aromatic rings. The van der Waals surface area contributed by atoms with E-state index in [-0.39, 0.29) is 6.09 Å². The maximum atomic E-state index is 12.2. The standard InChI is InChI=1S/C22H31N5O2/c1-22(2,3)29-21(28)26-12-10-18(11-13-26)17-6-8-19(9-7-17)20-23-16-27(24-20)15-14-25(4)5/h6-10,16H,11-15H2,1-5H3. The first-order chi connectivity index (χ1) is 13.7. The molecular weight excluding hydrogens is 366 g/mol. The molecule has 1 aromatic carbocycles. The van der Waals surface area contributed by atoms with Gasteiger partial charge in [0.25, 0.3) is 0 Å². The van der Waals surface area contributed by atoms with Crippen LogP contribution in [0, 0.1) is 0 Å². The van der Waals surface area contributed by atoms with Crippen molar-refractivity contribution >= 4 is 11.7 Å². The number of nitrogens with zero attached hydrogens (tertiary/aromatic N) is 5. The number of aromatic nitrogens is 3. The zero-order chi connectivity index (χ0) is 21.0. The van der Waals surface area contributed by atoms with Crippen LogP contribution in [-0.2, 0) is 11.3 Å². The van der Waals surface area contributed by atoms with Gasteiger partial charge in [-0.1, -0.05) is 30.3 Å². The molecule has 0 bridgehead atoms. The highest BCUT2D eigenvalue weighted by Crippen LogP contribution is 2.25. The van der Waals surface area contributed by atoms with Crippen LogP contribution < -0.4 is 0 Å². The van der Waals surface area contributed by atoms with E-state index in [0.29, 0.717) is 13.1 Å². The van der Waals surface area contributed by atoms with Crippen LogP contribution in [0.1, 0.15) is 32.8 Å². The third kappa shape index (κ3) is 5.90. The van der Waals surface area contributed by atoms with Crippen molar-refractivity contribution < 1.29 is 9.53 Å². The van der Waals surface area contributed by atoms with Crippen LogP contribution >= 0.6 is 0 Å². The smallest absolute Gasteiger partial charge is 0.410 e. The topological polar surface area (TPSA) is 63.5 Å². The van der Waals surface area contributed by atoms with Crippen molar-refractivity contribution in [1.82, 2.24) is 24.6 Å². The average Bonchev–Trinajstić information content (AvgIpc) is 3.14. The largest absolute Gasteiger partial charge is 0.444 e. The number of carbonyl (C=O) groups is 1. The molecule has 29 heavy (non-hydrogen) atoms. The van der Waals surface area contributed by atoms with Crippen LogP contribution in [0.5, 0.6) is 0 Å². The summed E-state index contributed by atoms with van der Waals surface area (Å²) in [6, 6.07) is 8.32. The van der Waals surface area contributed by atoms with Gasteiger partial charge in [0.1, 0.15) is 11.9 Å². The molecule has 0 saturated heterocycles. The third-order valence-corrected chi connectivity index (χ3v) is 4.69. The Bertz CT molecular complexity index is 862. The zero-order valence-corrected chi connectivity index (χ0v) is 18.1. The lowest BCUT2D eigenvalue weighted by Gasteiger charge is -2.29. The Morgan fingerprint density at radius 3 is 2.45 bits per heavy atom. The lowest BCUT2D eigenvalue weighted by atomic mass is 9.98. The van der Waals surface area contributed by atoms with E-state index >= 15 is 0 Å². The fourth-order valence-corrected chi connectivity index (χ4v) is 3.09. The second-order valence-electron chi connectivity index (χ2n) is 8.62. The van der Waals surface area contributed by atoms with E-state index < -0.39 is 5.60 Å². The summed E-state index contributed by atoms with van der Waals surface area (Å²) < 4.78 is 7.33. The first-order valence-corrected chi connectivity index (χ1v) is 10.0. The Balaban J connectivity index is 1.61. The van der Waals surface area contributed by atoms with Crippen LogP contribution in [0.15, 0.2) is 36.7 Å². The molecular formula is C22H31N5O2. The number of benzene rings is 1. The molecule has 7 heteroatoms. The van der Waals surface area contributed by atoms with Gasteiger partial charge >= 0.3 is 6.09 Å². The van der Waals surface area contributed by atoms with Crippen molar-refractivity contribution in [3.8, 4) is 11.4 Å². The van der Waals surface area contributed by atoms with Crippen molar-refractivity contribution in [2.75, 3.05) is 33.7 Å². The summed E-state index contributed by atoms with van der Waals surface area (Å²) in [5.74, 6) is 0.740. The highest BCUT2D eigenvalue weighted by molar-refractivity contribution is 5.73. The average molecular weight is 398 g/mol. The van der Waals surface area contributed by atoms with Gasteiger partial charge in [-0.25, -0.2) is 9.78 Å². The van der Waals surface area contributed by atoms with Crippen LogP contribution in [-0.4, -0.2) is 70.0 Å². The van der Waals surface area contributed by atoms with Gasteiger partial charge in [-0.2, -0.15) is 5.10 Å². The molecule has 0 saturated carbocycles. The van der Waals surface area contributed by atoms with Gasteiger partial charge in [-0.3, -0.25) is 4.68 Å². The Labute approximate surface area is 173 Å². The summed E-state index contributed by atoms with van der Waals surface area (Å²) in [7, 11) is 4.09. The van der Waals surface area contributed by atoms with Crippen molar-refractivity contribution in [3.05, 3.63) is 42.2 Å². The molecule has 0 fully saturated rings. The van der Waals surface area contributed by atoms with E-state index in [4.69, 9.17) is 4.74 Å². The van der Waals surface area contributed by atoms with Gasteiger partial charge in [0.2, 0.25) is 0 Å². The van der Waals surface area contributed by atoms with E-state index in [0.717, 1.165) is 30.9 Å². The molecule has 1 aromatic heterocycles. The lowest BCUT2D eigenvalue weighted by Crippen LogP contribution is -2.39. The molecule has 0 aliphatic carbocycles. The summed E-state index contributed by atoms with van der Waals surface area (Å²) in [6.45, 7) is 8.65. The number of hydrogen-bond acceptors (Lipinski definition) is 5. The second-order valence-corrected chi connectivity index (χ2v) is 8.62. The number of amides is 1. The highest BCUT2D eigenvalue weighted by Gasteiger charge is 2.23. The molecule has 1 aliphatic heterocycles. The zero-order valence-electron chi connectivity index (χ0n) is 18.1. The Morgan fingerprint density at radius 1 is 1.17 bits per heavy atom. The number of likely N-dealkylation sites (N-methyl/N-ethyl adjacent to an activating group) is 1. The molecule has 3 rings (SSSR count). The Hall–Kier alpha value is -2.67. The minimum absolute atomic E-state index is 0.251. The van der Waals surface area contributed by atoms with Crippen molar-refractivity contribution in [3.63, 3.8) is 0 Å². The van der Waals surface area contributed by atoms with Gasteiger partial charge in [0.15, 0.2) is 5.82 Å². The van der Waals surface area contributed by atoms with Crippen molar-refractivity contribution in [2.24, 2.45) is 0 Å². The van der Waals surface area contributed by atoms with E-state index in [2.05, 4.69) is 45.3 Å². The minimum atomic E-state index is -0.468. The molecule has 2 heterocycles. The number of rotatable bonds is 5. The molecule has 0 spiro atoms. The van der Waals surface area contributed by atoms with Crippen LogP contribution in [0.2, 0.25) is 0 Å². The fraction of sp³-hybridized carbons (Fsp3) is 0.500. The van der Waals surface area contributed by atoms with Crippen molar-refractivity contribution in [2.45, 2.75) is 39.3 Å². The molecule has 1 amide bonds. The first-order valence-electron chi connectivity index (χ1n) is 10.0. The SMILES string of the molecule is CN(C)CCn1cnc(-c2ccc(C3=CCN(C(=O)OC(C)(C)C)CC3)cc2)n1. The molecule has 0 N–H and O–H groups in total. The Morgan fingerprint density at radius 2 is 1.86 bits per heavy atom. The van der Waals surface area contributed by atoms with Gasteiger partial charge in [-0.05, 0) is 52.4 Å². The number of hydrogen-bond donors (Lipinski definition) is 0.